The van der Waals surface area contributed by atoms with Gasteiger partial charge in [-0.2, -0.15) is 0 Å². The molecule has 1 aliphatic heterocycles. The van der Waals surface area contributed by atoms with Crippen molar-refractivity contribution in [3.05, 3.63) is 29.6 Å². The molecule has 3 heteroatoms. The molecular weight excluding hydrogens is 157 g/mol. The molecule has 2 rings (SSSR count). The minimum absolute atomic E-state index is 0.268. The second-order valence-corrected chi connectivity index (χ2v) is 3.25. The summed E-state index contributed by atoms with van der Waals surface area (Å²) in [5.74, 6) is -0.268. The number of rotatable bonds is 1. The van der Waals surface area contributed by atoms with E-state index in [0.29, 0.717) is 12.3 Å². The third-order valence-corrected chi connectivity index (χ3v) is 2.16. The number of halogens is 1. The number of epoxide rings is 1. The maximum Gasteiger partial charge on any atom is 0.123 e. The van der Waals surface area contributed by atoms with Crippen LogP contribution < -0.4 is 5.73 Å². The average Bonchev–Trinajstić information content (AvgIpc) is 2.75. The molecule has 1 aliphatic rings. The standard InChI is InChI=1S/C9H10FNO/c1-9(5-12-9)7-4-6(10)2-3-8(7)11/h2-4H,5,11H2,1H3. The number of nitrogen functional groups attached to an aromatic ring is 1. The number of hydrogen-bond acceptors (Lipinski definition) is 2. The van der Waals surface area contributed by atoms with Crippen molar-refractivity contribution in [1.82, 2.24) is 0 Å². The van der Waals surface area contributed by atoms with Crippen LogP contribution in [0, 0.1) is 5.82 Å². The molecule has 0 amide bonds. The van der Waals surface area contributed by atoms with Gasteiger partial charge >= 0.3 is 0 Å². The fraction of sp³-hybridized carbons (Fsp3) is 0.333. The highest BCUT2D eigenvalue weighted by Gasteiger charge is 2.42. The van der Waals surface area contributed by atoms with Crippen molar-refractivity contribution >= 4 is 5.69 Å². The van der Waals surface area contributed by atoms with Gasteiger partial charge < -0.3 is 10.5 Å². The normalized spacial score (nSPS) is 27.2. The Balaban J connectivity index is 2.48. The Morgan fingerprint density at radius 2 is 2.25 bits per heavy atom. The minimum Gasteiger partial charge on any atom is -0.398 e. The predicted octanol–water partition coefficient (Wildman–Crippen LogP) is 1.65. The highest BCUT2D eigenvalue weighted by molar-refractivity contribution is 5.51. The van der Waals surface area contributed by atoms with Gasteiger partial charge in [0.1, 0.15) is 11.4 Å². The fourth-order valence-electron chi connectivity index (χ4n) is 1.25. The lowest BCUT2D eigenvalue weighted by Crippen LogP contribution is -2.06. The summed E-state index contributed by atoms with van der Waals surface area (Å²) in [7, 11) is 0. The first-order chi connectivity index (χ1) is 5.62. The van der Waals surface area contributed by atoms with Gasteiger partial charge in [0.05, 0.1) is 6.61 Å². The van der Waals surface area contributed by atoms with Crippen LogP contribution >= 0.6 is 0 Å². The predicted molar refractivity (Wildman–Crippen MR) is 44.1 cm³/mol. The number of hydrogen-bond donors (Lipinski definition) is 1. The smallest absolute Gasteiger partial charge is 0.123 e. The Labute approximate surface area is 70.1 Å². The molecule has 1 atom stereocenters. The van der Waals surface area contributed by atoms with E-state index >= 15 is 0 Å². The second kappa shape index (κ2) is 2.20. The van der Waals surface area contributed by atoms with Crippen molar-refractivity contribution in [2.75, 3.05) is 12.3 Å². The Kier molecular flexibility index (Phi) is 1.38. The molecule has 1 heterocycles. The molecular formula is C9H10FNO. The summed E-state index contributed by atoms with van der Waals surface area (Å²) in [5.41, 5.74) is 6.67. The highest BCUT2D eigenvalue weighted by Crippen LogP contribution is 2.40. The fourth-order valence-corrected chi connectivity index (χ4v) is 1.25. The summed E-state index contributed by atoms with van der Waals surface area (Å²) in [4.78, 5) is 0. The van der Waals surface area contributed by atoms with Crippen LogP contribution in [0.4, 0.5) is 10.1 Å². The maximum atomic E-state index is 12.8. The van der Waals surface area contributed by atoms with Gasteiger partial charge in [0, 0.05) is 11.3 Å². The lowest BCUT2D eigenvalue weighted by atomic mass is 10.0. The summed E-state index contributed by atoms with van der Waals surface area (Å²) in [5, 5.41) is 0. The number of nitrogens with two attached hydrogens (primary N) is 1. The minimum atomic E-state index is -0.341. The number of benzene rings is 1. The molecule has 0 radical (unpaired) electrons. The van der Waals surface area contributed by atoms with Crippen LogP contribution in [-0.2, 0) is 10.3 Å². The van der Waals surface area contributed by atoms with Gasteiger partial charge in [-0.1, -0.05) is 0 Å². The number of anilines is 1. The van der Waals surface area contributed by atoms with E-state index in [1.807, 2.05) is 6.92 Å². The summed E-state index contributed by atoms with van der Waals surface area (Å²) < 4.78 is 18.0. The highest BCUT2D eigenvalue weighted by atomic mass is 19.1. The van der Waals surface area contributed by atoms with E-state index in [0.717, 1.165) is 5.56 Å². The van der Waals surface area contributed by atoms with Crippen LogP contribution in [0.3, 0.4) is 0 Å². The molecule has 64 valence electrons. The number of ether oxygens (including phenoxy) is 1. The lowest BCUT2D eigenvalue weighted by Gasteiger charge is -2.08. The van der Waals surface area contributed by atoms with Gasteiger partial charge in [0.25, 0.3) is 0 Å². The van der Waals surface area contributed by atoms with Crippen molar-refractivity contribution in [2.24, 2.45) is 0 Å². The molecule has 1 aromatic carbocycles. The molecule has 1 unspecified atom stereocenters. The molecule has 0 spiro atoms. The molecule has 1 saturated heterocycles. The Morgan fingerprint density at radius 1 is 1.58 bits per heavy atom. The van der Waals surface area contributed by atoms with E-state index in [1.165, 1.54) is 12.1 Å². The van der Waals surface area contributed by atoms with Gasteiger partial charge in [0.2, 0.25) is 0 Å². The largest absolute Gasteiger partial charge is 0.398 e. The van der Waals surface area contributed by atoms with Crippen molar-refractivity contribution in [2.45, 2.75) is 12.5 Å². The molecule has 0 aliphatic carbocycles. The molecule has 12 heavy (non-hydrogen) atoms. The third-order valence-electron chi connectivity index (χ3n) is 2.16. The first-order valence-electron chi connectivity index (χ1n) is 3.81. The van der Waals surface area contributed by atoms with Gasteiger partial charge in [-0.05, 0) is 25.1 Å². The van der Waals surface area contributed by atoms with E-state index in [4.69, 9.17) is 10.5 Å². The lowest BCUT2D eigenvalue weighted by molar-refractivity contribution is 0.329. The van der Waals surface area contributed by atoms with E-state index in [1.54, 1.807) is 6.07 Å². The van der Waals surface area contributed by atoms with E-state index in [-0.39, 0.29) is 11.4 Å². The second-order valence-electron chi connectivity index (χ2n) is 3.25. The van der Waals surface area contributed by atoms with Crippen molar-refractivity contribution in [1.29, 1.82) is 0 Å². The molecule has 0 aromatic heterocycles. The zero-order valence-electron chi connectivity index (χ0n) is 6.80. The SMILES string of the molecule is CC1(c2cc(F)ccc2N)CO1. The quantitative estimate of drug-likeness (QED) is 0.510. The van der Waals surface area contributed by atoms with Crippen LogP contribution in [0.25, 0.3) is 0 Å². The first-order valence-corrected chi connectivity index (χ1v) is 3.81. The van der Waals surface area contributed by atoms with Crippen LogP contribution in [0.2, 0.25) is 0 Å². The van der Waals surface area contributed by atoms with Crippen LogP contribution in [0.15, 0.2) is 18.2 Å². The molecule has 2 nitrogen and oxygen atoms in total. The van der Waals surface area contributed by atoms with E-state index in [9.17, 15) is 4.39 Å². The molecule has 0 saturated carbocycles. The molecule has 2 N–H and O–H groups in total. The zero-order valence-corrected chi connectivity index (χ0v) is 6.80. The first kappa shape index (κ1) is 7.55. The molecule has 1 aromatic rings. The van der Waals surface area contributed by atoms with Gasteiger partial charge in [-0.25, -0.2) is 4.39 Å². The summed E-state index contributed by atoms with van der Waals surface area (Å²) in [6.45, 7) is 2.53. The Hall–Kier alpha value is -1.09. The van der Waals surface area contributed by atoms with Gasteiger partial charge in [-0.15, -0.1) is 0 Å². The van der Waals surface area contributed by atoms with E-state index < -0.39 is 0 Å². The monoisotopic (exact) mass is 167 g/mol. The van der Waals surface area contributed by atoms with Crippen LogP contribution in [0.1, 0.15) is 12.5 Å². The van der Waals surface area contributed by atoms with Crippen molar-refractivity contribution in [3.63, 3.8) is 0 Å². The van der Waals surface area contributed by atoms with Crippen molar-refractivity contribution in [3.8, 4) is 0 Å². The zero-order chi connectivity index (χ0) is 8.77. The topological polar surface area (TPSA) is 38.5 Å². The summed E-state index contributed by atoms with van der Waals surface area (Å²) >= 11 is 0. The Morgan fingerprint density at radius 3 is 2.83 bits per heavy atom. The van der Waals surface area contributed by atoms with E-state index in [2.05, 4.69) is 0 Å². The third kappa shape index (κ3) is 1.06. The van der Waals surface area contributed by atoms with Crippen molar-refractivity contribution < 1.29 is 9.13 Å². The Bertz CT molecular complexity index is 320. The van der Waals surface area contributed by atoms with Gasteiger partial charge in [-0.3, -0.25) is 0 Å². The summed E-state index contributed by atoms with van der Waals surface area (Å²) in [6, 6.07) is 4.35. The molecule has 0 bridgehead atoms. The van der Waals surface area contributed by atoms with Crippen LogP contribution in [-0.4, -0.2) is 6.61 Å². The average molecular weight is 167 g/mol. The summed E-state index contributed by atoms with van der Waals surface area (Å²) in [6.07, 6.45) is 0. The molecule has 1 fully saturated rings. The van der Waals surface area contributed by atoms with Crippen LogP contribution in [0.5, 0.6) is 0 Å². The van der Waals surface area contributed by atoms with Gasteiger partial charge in [0.15, 0.2) is 0 Å². The maximum absolute atomic E-state index is 12.8.